The van der Waals surface area contributed by atoms with E-state index in [2.05, 4.69) is 16.4 Å². The van der Waals surface area contributed by atoms with Crippen LogP contribution in [0.1, 0.15) is 23.4 Å². The van der Waals surface area contributed by atoms with Gasteiger partial charge in [0.2, 0.25) is 15.9 Å². The van der Waals surface area contributed by atoms with Crippen molar-refractivity contribution in [1.82, 2.24) is 10.3 Å². The van der Waals surface area contributed by atoms with E-state index in [1.165, 1.54) is 16.8 Å². The van der Waals surface area contributed by atoms with Crippen LogP contribution in [0.15, 0.2) is 53.4 Å². The number of rotatable bonds is 8. The Morgan fingerprint density at radius 2 is 1.81 bits per heavy atom. The number of carbonyl (C=O) groups is 1. The largest absolute Gasteiger partial charge is 0.356 e. The molecule has 1 aromatic heterocycles. The van der Waals surface area contributed by atoms with Gasteiger partial charge in [0.15, 0.2) is 0 Å². The minimum absolute atomic E-state index is 0.0114. The van der Waals surface area contributed by atoms with Crippen LogP contribution in [0.4, 0.5) is 0 Å². The van der Waals surface area contributed by atoms with Crippen LogP contribution >= 0.6 is 11.3 Å². The highest BCUT2D eigenvalue weighted by atomic mass is 32.2. The fourth-order valence-corrected chi connectivity index (χ4v) is 4.23. The number of amides is 1. The molecule has 6 nitrogen and oxygen atoms in total. The Bertz CT molecular complexity index is 995. The Balaban J connectivity index is 1.38. The first kappa shape index (κ1) is 19.5. The van der Waals surface area contributed by atoms with Gasteiger partial charge in [0, 0.05) is 13.0 Å². The second-order valence-electron chi connectivity index (χ2n) is 6.22. The predicted octanol–water partition coefficient (Wildman–Crippen LogP) is 2.63. The van der Waals surface area contributed by atoms with Crippen LogP contribution in [0.3, 0.4) is 0 Å². The highest BCUT2D eigenvalue weighted by Gasteiger charge is 2.08. The number of benzene rings is 2. The summed E-state index contributed by atoms with van der Waals surface area (Å²) in [4.78, 5) is 16.6. The van der Waals surface area contributed by atoms with Gasteiger partial charge in [0.1, 0.15) is 0 Å². The summed E-state index contributed by atoms with van der Waals surface area (Å²) in [5, 5.41) is 9.01. The summed E-state index contributed by atoms with van der Waals surface area (Å²) in [7, 11) is -3.67. The van der Waals surface area contributed by atoms with Crippen molar-refractivity contribution < 1.29 is 13.2 Å². The number of thiazole rings is 1. The molecule has 0 saturated carbocycles. The van der Waals surface area contributed by atoms with Crippen LogP contribution in [-0.2, 0) is 27.7 Å². The lowest BCUT2D eigenvalue weighted by atomic mass is 10.1. The van der Waals surface area contributed by atoms with Crippen LogP contribution in [-0.4, -0.2) is 25.9 Å². The fourth-order valence-electron chi connectivity index (χ4n) is 2.71. The lowest BCUT2D eigenvalue weighted by Crippen LogP contribution is -2.25. The van der Waals surface area contributed by atoms with Crippen LogP contribution in [0.25, 0.3) is 10.2 Å². The van der Waals surface area contributed by atoms with E-state index in [1.54, 1.807) is 23.5 Å². The van der Waals surface area contributed by atoms with Crippen molar-refractivity contribution in [3.8, 4) is 0 Å². The average molecular weight is 404 g/mol. The number of carbonyl (C=O) groups excluding carboxylic acids is 1. The number of hydrogen-bond acceptors (Lipinski definition) is 5. The van der Waals surface area contributed by atoms with Gasteiger partial charge in [-0.15, -0.1) is 11.3 Å². The van der Waals surface area contributed by atoms with Gasteiger partial charge in [0.25, 0.3) is 0 Å². The van der Waals surface area contributed by atoms with Crippen molar-refractivity contribution >= 4 is 37.5 Å². The Morgan fingerprint density at radius 1 is 1.07 bits per heavy atom. The number of fused-ring (bicyclic) bond motifs is 1. The second kappa shape index (κ2) is 8.60. The molecule has 27 heavy (non-hydrogen) atoms. The van der Waals surface area contributed by atoms with Gasteiger partial charge >= 0.3 is 0 Å². The topological polar surface area (TPSA) is 102 Å². The van der Waals surface area contributed by atoms with E-state index in [0.717, 1.165) is 28.9 Å². The van der Waals surface area contributed by atoms with Gasteiger partial charge in [-0.2, -0.15) is 0 Å². The average Bonchev–Trinajstić information content (AvgIpc) is 3.04. The lowest BCUT2D eigenvalue weighted by Gasteiger charge is -2.06. The van der Waals surface area contributed by atoms with Crippen LogP contribution in [0, 0.1) is 0 Å². The van der Waals surface area contributed by atoms with E-state index < -0.39 is 10.0 Å². The third-order valence-electron chi connectivity index (χ3n) is 4.12. The van der Waals surface area contributed by atoms with Gasteiger partial charge in [0.05, 0.1) is 20.1 Å². The Morgan fingerprint density at radius 3 is 2.52 bits per heavy atom. The van der Waals surface area contributed by atoms with Crippen molar-refractivity contribution in [3.63, 3.8) is 0 Å². The quantitative estimate of drug-likeness (QED) is 0.603. The maximum Gasteiger partial charge on any atom is 0.238 e. The van der Waals surface area contributed by atoms with E-state index in [9.17, 15) is 13.2 Å². The number of sulfonamides is 1. The summed E-state index contributed by atoms with van der Waals surface area (Å²) in [6, 6.07) is 14.4. The van der Waals surface area contributed by atoms with Crippen LogP contribution in [0.2, 0.25) is 0 Å². The molecule has 0 unspecified atom stereocenters. The van der Waals surface area contributed by atoms with E-state index >= 15 is 0 Å². The SMILES string of the molecule is NS(=O)(=O)c1ccc(CCNC(=O)CCCc2nc3ccccc3s2)cc1. The summed E-state index contributed by atoms with van der Waals surface area (Å²) in [6.07, 6.45) is 2.64. The molecule has 0 spiro atoms. The molecule has 0 aliphatic heterocycles. The normalized spacial score (nSPS) is 11.6. The number of aromatic nitrogens is 1. The molecule has 8 heteroatoms. The van der Waals surface area contributed by atoms with E-state index in [4.69, 9.17) is 5.14 Å². The Hall–Kier alpha value is -2.29. The van der Waals surface area contributed by atoms with E-state index in [1.807, 2.05) is 18.2 Å². The third kappa shape index (κ3) is 5.59. The fraction of sp³-hybridized carbons (Fsp3) is 0.263. The number of nitrogens with zero attached hydrogens (tertiary/aromatic N) is 1. The first-order valence-corrected chi connectivity index (χ1v) is 11.0. The van der Waals surface area contributed by atoms with Crippen LogP contribution < -0.4 is 10.5 Å². The predicted molar refractivity (Wildman–Crippen MR) is 107 cm³/mol. The molecule has 0 radical (unpaired) electrons. The monoisotopic (exact) mass is 403 g/mol. The molecule has 0 bridgehead atoms. The molecule has 142 valence electrons. The Kier molecular flexibility index (Phi) is 6.20. The Labute approximate surface area is 162 Å². The maximum atomic E-state index is 12.0. The molecule has 0 aliphatic carbocycles. The molecule has 0 atom stereocenters. The molecule has 0 fully saturated rings. The molecule has 1 amide bonds. The molecule has 3 aromatic rings. The van der Waals surface area contributed by atoms with Crippen molar-refractivity contribution in [3.05, 3.63) is 59.1 Å². The zero-order valence-corrected chi connectivity index (χ0v) is 16.4. The summed E-state index contributed by atoms with van der Waals surface area (Å²) >= 11 is 1.67. The van der Waals surface area contributed by atoms with Gasteiger partial charge in [-0.3, -0.25) is 4.79 Å². The number of nitrogens with one attached hydrogen (secondary N) is 1. The zero-order chi connectivity index (χ0) is 19.3. The molecule has 3 rings (SSSR count). The molecule has 0 aliphatic rings. The van der Waals surface area contributed by atoms with Crippen molar-refractivity contribution in [2.45, 2.75) is 30.6 Å². The minimum atomic E-state index is -3.67. The standard InChI is InChI=1S/C19H21N3O3S2/c20-27(24,25)15-10-8-14(9-11-15)12-13-21-18(23)6-3-7-19-22-16-4-1-2-5-17(16)26-19/h1-2,4-5,8-11H,3,6-7,12-13H2,(H,21,23)(H2,20,24,25). The smallest absolute Gasteiger partial charge is 0.238 e. The third-order valence-corrected chi connectivity index (χ3v) is 6.15. The highest BCUT2D eigenvalue weighted by molar-refractivity contribution is 7.89. The van der Waals surface area contributed by atoms with Gasteiger partial charge in [-0.05, 0) is 49.1 Å². The maximum absolute atomic E-state index is 12.0. The van der Waals surface area contributed by atoms with E-state index in [-0.39, 0.29) is 10.8 Å². The summed E-state index contributed by atoms with van der Waals surface area (Å²) < 4.78 is 23.6. The minimum Gasteiger partial charge on any atom is -0.356 e. The first-order valence-electron chi connectivity index (χ1n) is 8.65. The van der Waals surface area contributed by atoms with Crippen molar-refractivity contribution in [2.75, 3.05) is 6.54 Å². The lowest BCUT2D eigenvalue weighted by molar-refractivity contribution is -0.121. The molecule has 3 N–H and O–H groups in total. The summed E-state index contributed by atoms with van der Waals surface area (Å²) in [5.74, 6) is 0.0114. The number of hydrogen-bond donors (Lipinski definition) is 2. The van der Waals surface area contributed by atoms with Crippen LogP contribution in [0.5, 0.6) is 0 Å². The number of nitrogens with two attached hydrogens (primary N) is 1. The second-order valence-corrected chi connectivity index (χ2v) is 8.89. The highest BCUT2D eigenvalue weighted by Crippen LogP contribution is 2.22. The number of primary sulfonamides is 1. The summed E-state index contributed by atoms with van der Waals surface area (Å²) in [5.41, 5.74) is 1.95. The van der Waals surface area contributed by atoms with Gasteiger partial charge < -0.3 is 5.32 Å². The van der Waals surface area contributed by atoms with Crippen molar-refractivity contribution in [2.24, 2.45) is 5.14 Å². The molecule has 2 aromatic carbocycles. The molecular formula is C19H21N3O3S2. The molecule has 1 heterocycles. The number of para-hydroxylation sites is 1. The van der Waals surface area contributed by atoms with Gasteiger partial charge in [-0.25, -0.2) is 18.5 Å². The van der Waals surface area contributed by atoms with Crippen molar-refractivity contribution in [1.29, 1.82) is 0 Å². The van der Waals surface area contributed by atoms with Gasteiger partial charge in [-0.1, -0.05) is 24.3 Å². The molecule has 0 saturated heterocycles. The van der Waals surface area contributed by atoms with E-state index in [0.29, 0.717) is 19.4 Å². The zero-order valence-electron chi connectivity index (χ0n) is 14.7. The summed E-state index contributed by atoms with van der Waals surface area (Å²) in [6.45, 7) is 0.509. The first-order chi connectivity index (χ1) is 12.9. The molecular weight excluding hydrogens is 382 g/mol. The number of aryl methyl sites for hydroxylation is 1.